The van der Waals surface area contributed by atoms with E-state index in [1.165, 1.54) is 12.8 Å². The van der Waals surface area contributed by atoms with E-state index in [2.05, 4.69) is 11.8 Å². The van der Waals surface area contributed by atoms with Crippen LogP contribution in [0.4, 0.5) is 0 Å². The largest absolute Gasteiger partial charge is 0.353 e. The monoisotopic (exact) mass is 282 g/mol. The molecule has 0 radical (unpaired) electrons. The summed E-state index contributed by atoms with van der Waals surface area (Å²) in [6.45, 7) is 2.85. The van der Waals surface area contributed by atoms with Gasteiger partial charge in [-0.1, -0.05) is 5.92 Å². The maximum absolute atomic E-state index is 5.64. The summed E-state index contributed by atoms with van der Waals surface area (Å²) in [6.07, 6.45) is 8.52. The summed E-state index contributed by atoms with van der Waals surface area (Å²) in [4.78, 5) is 0. The quantitative estimate of drug-likeness (QED) is 0.554. The highest BCUT2D eigenvalue weighted by Gasteiger charge is 2.13. The second-order valence-corrected chi connectivity index (χ2v) is 5.23. The lowest BCUT2D eigenvalue weighted by Gasteiger charge is -2.22. The first kappa shape index (κ1) is 15.8. The predicted octanol–water partition coefficient (Wildman–Crippen LogP) is 2.86. The van der Waals surface area contributed by atoms with Gasteiger partial charge in [0.15, 0.2) is 12.6 Å². The normalized spacial score (nSPS) is 26.8. The molecule has 0 aromatic carbocycles. The van der Waals surface area contributed by atoms with Gasteiger partial charge in [-0.15, -0.1) is 5.92 Å². The van der Waals surface area contributed by atoms with Crippen LogP contribution in [0.15, 0.2) is 0 Å². The number of unbranched alkanes of at least 4 members (excludes halogenated alkanes) is 1. The lowest BCUT2D eigenvalue weighted by Crippen LogP contribution is -2.22. The van der Waals surface area contributed by atoms with Crippen molar-refractivity contribution in [3.8, 4) is 11.8 Å². The van der Waals surface area contributed by atoms with Crippen LogP contribution in [0.3, 0.4) is 0 Å². The Kier molecular flexibility index (Phi) is 8.03. The fourth-order valence-electron chi connectivity index (χ4n) is 2.33. The molecule has 2 rings (SSSR count). The molecule has 0 saturated carbocycles. The maximum Gasteiger partial charge on any atom is 0.158 e. The summed E-state index contributed by atoms with van der Waals surface area (Å²) in [5.41, 5.74) is 0. The average Bonchev–Trinajstić information content (AvgIpc) is 2.52. The summed E-state index contributed by atoms with van der Waals surface area (Å²) < 4.78 is 22.1. The van der Waals surface area contributed by atoms with E-state index < -0.39 is 0 Å². The number of rotatable bonds is 6. The fourth-order valence-corrected chi connectivity index (χ4v) is 2.33. The van der Waals surface area contributed by atoms with Crippen LogP contribution < -0.4 is 0 Å². The van der Waals surface area contributed by atoms with Gasteiger partial charge in [0.25, 0.3) is 0 Å². The van der Waals surface area contributed by atoms with Gasteiger partial charge in [-0.25, -0.2) is 0 Å². The molecule has 0 amide bonds. The van der Waals surface area contributed by atoms with Gasteiger partial charge in [0.2, 0.25) is 0 Å². The van der Waals surface area contributed by atoms with E-state index in [1.807, 2.05) is 0 Å². The van der Waals surface area contributed by atoms with E-state index in [0.717, 1.165) is 58.3 Å². The minimum absolute atomic E-state index is 0.0171. The van der Waals surface area contributed by atoms with Gasteiger partial charge in [0, 0.05) is 19.6 Å². The van der Waals surface area contributed by atoms with Crippen molar-refractivity contribution in [3.63, 3.8) is 0 Å². The van der Waals surface area contributed by atoms with Crippen molar-refractivity contribution in [1.29, 1.82) is 0 Å². The van der Waals surface area contributed by atoms with Crippen LogP contribution in [-0.2, 0) is 18.9 Å². The van der Waals surface area contributed by atoms with Gasteiger partial charge in [0.05, 0.1) is 6.61 Å². The van der Waals surface area contributed by atoms with Crippen molar-refractivity contribution < 1.29 is 18.9 Å². The fraction of sp³-hybridized carbons (Fsp3) is 0.875. The Morgan fingerprint density at radius 3 is 2.20 bits per heavy atom. The van der Waals surface area contributed by atoms with Crippen molar-refractivity contribution in [3.05, 3.63) is 0 Å². The molecule has 2 unspecified atom stereocenters. The molecule has 0 aromatic heterocycles. The van der Waals surface area contributed by atoms with Crippen LogP contribution in [-0.4, -0.2) is 39.0 Å². The Morgan fingerprint density at radius 2 is 1.55 bits per heavy atom. The Labute approximate surface area is 122 Å². The second-order valence-electron chi connectivity index (χ2n) is 5.23. The Morgan fingerprint density at radius 1 is 0.850 bits per heavy atom. The van der Waals surface area contributed by atoms with Crippen LogP contribution in [0, 0.1) is 11.8 Å². The van der Waals surface area contributed by atoms with Gasteiger partial charge < -0.3 is 18.9 Å². The van der Waals surface area contributed by atoms with Crippen molar-refractivity contribution in [2.45, 2.75) is 63.9 Å². The van der Waals surface area contributed by atoms with E-state index in [9.17, 15) is 0 Å². The number of hydrogen-bond acceptors (Lipinski definition) is 4. The van der Waals surface area contributed by atoms with E-state index in [4.69, 9.17) is 18.9 Å². The highest BCUT2D eigenvalue weighted by Crippen LogP contribution is 2.14. The molecule has 2 fully saturated rings. The summed E-state index contributed by atoms with van der Waals surface area (Å²) >= 11 is 0. The highest BCUT2D eigenvalue weighted by molar-refractivity contribution is 4.98. The molecule has 0 aromatic rings. The summed E-state index contributed by atoms with van der Waals surface area (Å²) in [5, 5.41) is 0. The van der Waals surface area contributed by atoms with Crippen molar-refractivity contribution in [1.82, 2.24) is 0 Å². The molecule has 0 spiro atoms. The first-order valence-electron chi connectivity index (χ1n) is 7.87. The summed E-state index contributed by atoms with van der Waals surface area (Å²) in [5.74, 6) is 6.14. The minimum atomic E-state index is -0.0372. The van der Waals surface area contributed by atoms with E-state index >= 15 is 0 Å². The molecule has 2 heterocycles. The predicted molar refractivity (Wildman–Crippen MR) is 76.1 cm³/mol. The van der Waals surface area contributed by atoms with Gasteiger partial charge >= 0.3 is 0 Å². The third-order valence-corrected chi connectivity index (χ3v) is 3.49. The van der Waals surface area contributed by atoms with Crippen molar-refractivity contribution in [2.24, 2.45) is 0 Å². The Bertz CT molecular complexity index is 295. The molecular weight excluding hydrogens is 256 g/mol. The molecule has 0 N–H and O–H groups in total. The van der Waals surface area contributed by atoms with Crippen LogP contribution in [0.1, 0.15) is 51.4 Å². The van der Waals surface area contributed by atoms with Crippen LogP contribution in [0.25, 0.3) is 0 Å². The van der Waals surface area contributed by atoms with Gasteiger partial charge in [-0.3, -0.25) is 0 Å². The molecule has 2 atom stereocenters. The lowest BCUT2D eigenvalue weighted by atomic mass is 10.2. The van der Waals surface area contributed by atoms with E-state index in [1.54, 1.807) is 0 Å². The topological polar surface area (TPSA) is 36.9 Å². The summed E-state index contributed by atoms with van der Waals surface area (Å²) in [6, 6.07) is 0. The summed E-state index contributed by atoms with van der Waals surface area (Å²) in [7, 11) is 0. The molecular formula is C16H26O4. The van der Waals surface area contributed by atoms with Crippen molar-refractivity contribution in [2.75, 3.05) is 26.4 Å². The SMILES string of the molecule is C(#CCOC1CCCCO1)CCCOC1CCCCO1. The second kappa shape index (κ2) is 10.2. The molecule has 114 valence electrons. The van der Waals surface area contributed by atoms with E-state index in [-0.39, 0.29) is 12.6 Å². The third kappa shape index (κ3) is 6.71. The van der Waals surface area contributed by atoms with Crippen LogP contribution in [0.5, 0.6) is 0 Å². The first-order chi connectivity index (χ1) is 9.95. The van der Waals surface area contributed by atoms with Gasteiger partial charge in [-0.2, -0.15) is 0 Å². The third-order valence-electron chi connectivity index (χ3n) is 3.49. The molecule has 2 aliphatic rings. The first-order valence-corrected chi connectivity index (χ1v) is 7.87. The number of hydrogen-bond donors (Lipinski definition) is 0. The molecule has 0 aliphatic carbocycles. The van der Waals surface area contributed by atoms with Gasteiger partial charge in [-0.05, 0) is 44.9 Å². The highest BCUT2D eigenvalue weighted by atomic mass is 16.7. The molecule has 4 heteroatoms. The molecule has 20 heavy (non-hydrogen) atoms. The Hall–Kier alpha value is -0.600. The van der Waals surface area contributed by atoms with Crippen LogP contribution >= 0.6 is 0 Å². The zero-order chi connectivity index (χ0) is 13.9. The molecule has 0 bridgehead atoms. The van der Waals surface area contributed by atoms with Crippen molar-refractivity contribution >= 4 is 0 Å². The lowest BCUT2D eigenvalue weighted by molar-refractivity contribution is -0.162. The molecule has 4 nitrogen and oxygen atoms in total. The maximum atomic E-state index is 5.64. The van der Waals surface area contributed by atoms with Crippen LogP contribution in [0.2, 0.25) is 0 Å². The zero-order valence-electron chi connectivity index (χ0n) is 12.3. The number of ether oxygens (including phenoxy) is 4. The molecule has 2 saturated heterocycles. The van der Waals surface area contributed by atoms with E-state index in [0.29, 0.717) is 6.61 Å². The standard InChI is InChI=1S/C16H26O4/c1(5-11-17-15-9-3-7-13-19-15)2-6-12-18-16-10-4-8-14-20-16/h15-16H,1,3-5,7-14H2. The van der Waals surface area contributed by atoms with Gasteiger partial charge in [0.1, 0.15) is 6.61 Å². The average molecular weight is 282 g/mol. The molecule has 2 aliphatic heterocycles. The minimum Gasteiger partial charge on any atom is -0.353 e. The smallest absolute Gasteiger partial charge is 0.158 e. The zero-order valence-corrected chi connectivity index (χ0v) is 12.3. The Balaban J connectivity index is 1.41.